The third-order valence-electron chi connectivity index (χ3n) is 3.62. The van der Waals surface area contributed by atoms with E-state index in [1.54, 1.807) is 6.20 Å². The molecule has 0 bridgehead atoms. The largest absolute Gasteiger partial charge is 0.481 e. The Bertz CT molecular complexity index is 461. The van der Waals surface area contributed by atoms with Crippen LogP contribution < -0.4 is 5.32 Å². The molecule has 19 heavy (non-hydrogen) atoms. The number of aromatic nitrogens is 1. The van der Waals surface area contributed by atoms with E-state index in [2.05, 4.69) is 10.3 Å². The van der Waals surface area contributed by atoms with E-state index < -0.39 is 17.8 Å². The first-order valence-corrected chi connectivity index (χ1v) is 6.48. The number of nitrogens with zero attached hydrogens (tertiary/aromatic N) is 1. The fraction of sp³-hybridized carbons (Fsp3) is 0.500. The molecule has 0 spiro atoms. The second-order valence-electron chi connectivity index (χ2n) is 5.17. The number of amides is 1. The summed E-state index contributed by atoms with van der Waals surface area (Å²) in [5, 5.41) is 11.9. The molecule has 5 nitrogen and oxygen atoms in total. The quantitative estimate of drug-likeness (QED) is 0.860. The summed E-state index contributed by atoms with van der Waals surface area (Å²) in [6, 6.07) is 5.49. The molecule has 0 radical (unpaired) electrons. The zero-order valence-electron chi connectivity index (χ0n) is 10.9. The first-order valence-electron chi connectivity index (χ1n) is 6.48. The molecule has 1 amide bonds. The van der Waals surface area contributed by atoms with Gasteiger partial charge < -0.3 is 10.4 Å². The van der Waals surface area contributed by atoms with Crippen molar-refractivity contribution in [1.29, 1.82) is 0 Å². The molecule has 3 atom stereocenters. The number of aliphatic carboxylic acids is 1. The van der Waals surface area contributed by atoms with E-state index in [1.807, 2.05) is 25.1 Å². The molecule has 1 aromatic heterocycles. The van der Waals surface area contributed by atoms with Gasteiger partial charge in [-0.1, -0.05) is 13.0 Å². The number of carboxylic acids is 1. The average Bonchev–Trinajstić information content (AvgIpc) is 2.79. The van der Waals surface area contributed by atoms with Crippen LogP contribution in [-0.2, 0) is 16.1 Å². The maximum atomic E-state index is 12.1. The van der Waals surface area contributed by atoms with Crippen LogP contribution in [0.2, 0.25) is 0 Å². The van der Waals surface area contributed by atoms with Gasteiger partial charge in [-0.15, -0.1) is 0 Å². The molecular weight excluding hydrogens is 244 g/mol. The van der Waals surface area contributed by atoms with Crippen LogP contribution >= 0.6 is 0 Å². The predicted molar refractivity (Wildman–Crippen MR) is 69.1 cm³/mol. The van der Waals surface area contributed by atoms with E-state index in [4.69, 9.17) is 5.11 Å². The van der Waals surface area contributed by atoms with E-state index in [0.29, 0.717) is 19.4 Å². The summed E-state index contributed by atoms with van der Waals surface area (Å²) < 4.78 is 0. The summed E-state index contributed by atoms with van der Waals surface area (Å²) in [7, 11) is 0. The predicted octanol–water partition coefficient (Wildman–Crippen LogP) is 1.44. The Kier molecular flexibility index (Phi) is 4.14. The van der Waals surface area contributed by atoms with Crippen molar-refractivity contribution < 1.29 is 14.7 Å². The molecule has 2 rings (SSSR count). The van der Waals surface area contributed by atoms with Gasteiger partial charge >= 0.3 is 5.97 Å². The molecule has 102 valence electrons. The monoisotopic (exact) mass is 262 g/mol. The molecule has 1 heterocycles. The first kappa shape index (κ1) is 13.5. The Hall–Kier alpha value is -1.91. The number of carboxylic acid groups (broad SMARTS) is 1. The van der Waals surface area contributed by atoms with E-state index in [0.717, 1.165) is 5.69 Å². The Morgan fingerprint density at radius 2 is 2.11 bits per heavy atom. The van der Waals surface area contributed by atoms with Crippen molar-refractivity contribution >= 4 is 11.9 Å². The molecule has 2 N–H and O–H groups in total. The molecule has 0 aromatic carbocycles. The fourth-order valence-electron chi connectivity index (χ4n) is 2.67. The van der Waals surface area contributed by atoms with Crippen molar-refractivity contribution in [3.8, 4) is 0 Å². The SMILES string of the molecule is CC1C[C@H](C(=O)NCc2ccccn2)[C@H](C(=O)O)C1. The van der Waals surface area contributed by atoms with E-state index in [-0.39, 0.29) is 11.8 Å². The summed E-state index contributed by atoms with van der Waals surface area (Å²) in [6.07, 6.45) is 2.89. The second kappa shape index (κ2) is 5.82. The van der Waals surface area contributed by atoms with E-state index in [9.17, 15) is 9.59 Å². The summed E-state index contributed by atoms with van der Waals surface area (Å²) >= 11 is 0. The highest BCUT2D eigenvalue weighted by molar-refractivity contribution is 5.85. The number of rotatable bonds is 4. The van der Waals surface area contributed by atoms with Gasteiger partial charge in [0.05, 0.1) is 24.1 Å². The minimum Gasteiger partial charge on any atom is -0.481 e. The molecule has 1 aromatic rings. The van der Waals surface area contributed by atoms with Gasteiger partial charge in [0.25, 0.3) is 0 Å². The third-order valence-corrected chi connectivity index (χ3v) is 3.62. The van der Waals surface area contributed by atoms with Crippen LogP contribution in [0.4, 0.5) is 0 Å². The van der Waals surface area contributed by atoms with Crippen LogP contribution in [0, 0.1) is 17.8 Å². The zero-order valence-corrected chi connectivity index (χ0v) is 10.9. The van der Waals surface area contributed by atoms with Crippen LogP contribution in [0.1, 0.15) is 25.5 Å². The molecule has 1 aliphatic carbocycles. The third kappa shape index (κ3) is 3.30. The molecule has 0 aliphatic heterocycles. The van der Waals surface area contributed by atoms with Gasteiger partial charge in [0.15, 0.2) is 0 Å². The van der Waals surface area contributed by atoms with Gasteiger partial charge in [0, 0.05) is 6.20 Å². The van der Waals surface area contributed by atoms with Gasteiger partial charge in [-0.2, -0.15) is 0 Å². The number of pyridine rings is 1. The number of hydrogen-bond acceptors (Lipinski definition) is 3. The minimum absolute atomic E-state index is 0.178. The topological polar surface area (TPSA) is 79.3 Å². The number of carbonyl (C=O) groups is 2. The second-order valence-corrected chi connectivity index (χ2v) is 5.17. The molecular formula is C14H18N2O3. The van der Waals surface area contributed by atoms with Crippen molar-refractivity contribution in [1.82, 2.24) is 10.3 Å². The summed E-state index contributed by atoms with van der Waals surface area (Å²) in [5.74, 6) is -1.74. The molecule has 1 unspecified atom stereocenters. The Morgan fingerprint density at radius 3 is 2.74 bits per heavy atom. The number of carbonyl (C=O) groups excluding carboxylic acids is 1. The molecule has 1 saturated carbocycles. The first-order chi connectivity index (χ1) is 9.08. The lowest BCUT2D eigenvalue weighted by molar-refractivity contribution is -0.146. The van der Waals surface area contributed by atoms with Crippen LogP contribution in [0.3, 0.4) is 0 Å². The van der Waals surface area contributed by atoms with Gasteiger partial charge in [-0.05, 0) is 30.9 Å². The Balaban J connectivity index is 1.94. The Morgan fingerprint density at radius 1 is 1.37 bits per heavy atom. The van der Waals surface area contributed by atoms with Crippen LogP contribution in [0.15, 0.2) is 24.4 Å². The maximum absolute atomic E-state index is 12.1. The van der Waals surface area contributed by atoms with E-state index >= 15 is 0 Å². The van der Waals surface area contributed by atoms with Crippen LogP contribution in [-0.4, -0.2) is 22.0 Å². The fourth-order valence-corrected chi connectivity index (χ4v) is 2.67. The standard InChI is InChI=1S/C14H18N2O3/c1-9-6-11(12(7-9)14(18)19)13(17)16-8-10-4-2-3-5-15-10/h2-5,9,11-12H,6-8H2,1H3,(H,16,17)(H,18,19)/t9?,11-,12+/m0/s1. The number of hydrogen-bond donors (Lipinski definition) is 2. The van der Waals surface area contributed by atoms with Crippen molar-refractivity contribution in [3.63, 3.8) is 0 Å². The van der Waals surface area contributed by atoms with Crippen molar-refractivity contribution in [2.45, 2.75) is 26.3 Å². The smallest absolute Gasteiger partial charge is 0.307 e. The van der Waals surface area contributed by atoms with Crippen LogP contribution in [0.5, 0.6) is 0 Å². The lowest BCUT2D eigenvalue weighted by Crippen LogP contribution is -2.35. The summed E-state index contributed by atoms with van der Waals surface area (Å²) in [6.45, 7) is 2.33. The normalized spacial score (nSPS) is 26.1. The van der Waals surface area contributed by atoms with Crippen LogP contribution in [0.25, 0.3) is 0 Å². The zero-order chi connectivity index (χ0) is 13.8. The molecule has 1 fully saturated rings. The Labute approximate surface area is 112 Å². The summed E-state index contributed by atoms with van der Waals surface area (Å²) in [5.41, 5.74) is 0.772. The van der Waals surface area contributed by atoms with E-state index in [1.165, 1.54) is 0 Å². The molecule has 0 saturated heterocycles. The highest BCUT2D eigenvalue weighted by atomic mass is 16.4. The number of nitrogens with one attached hydrogen (secondary N) is 1. The maximum Gasteiger partial charge on any atom is 0.307 e. The average molecular weight is 262 g/mol. The molecule has 1 aliphatic rings. The van der Waals surface area contributed by atoms with Gasteiger partial charge in [-0.25, -0.2) is 0 Å². The lowest BCUT2D eigenvalue weighted by Gasteiger charge is -2.15. The highest BCUT2D eigenvalue weighted by Crippen LogP contribution is 2.36. The van der Waals surface area contributed by atoms with Crippen molar-refractivity contribution in [2.24, 2.45) is 17.8 Å². The summed E-state index contributed by atoms with van der Waals surface area (Å²) in [4.78, 5) is 27.3. The van der Waals surface area contributed by atoms with Gasteiger partial charge in [0.1, 0.15) is 0 Å². The van der Waals surface area contributed by atoms with Gasteiger partial charge in [-0.3, -0.25) is 14.6 Å². The molecule has 5 heteroatoms. The highest BCUT2D eigenvalue weighted by Gasteiger charge is 2.40. The lowest BCUT2D eigenvalue weighted by atomic mass is 9.95. The van der Waals surface area contributed by atoms with Crippen molar-refractivity contribution in [3.05, 3.63) is 30.1 Å². The van der Waals surface area contributed by atoms with Crippen molar-refractivity contribution in [2.75, 3.05) is 0 Å². The van der Waals surface area contributed by atoms with Gasteiger partial charge in [0.2, 0.25) is 5.91 Å². The minimum atomic E-state index is -0.873.